The van der Waals surface area contributed by atoms with Crippen LogP contribution in [0.4, 0.5) is 23.2 Å². The molecule has 0 heterocycles. The van der Waals surface area contributed by atoms with Crippen LogP contribution in [0.1, 0.15) is 18.1 Å². The van der Waals surface area contributed by atoms with Gasteiger partial charge in [0, 0.05) is 21.8 Å². The van der Waals surface area contributed by atoms with Crippen molar-refractivity contribution in [1.82, 2.24) is 0 Å². The van der Waals surface area contributed by atoms with Gasteiger partial charge in [-0.05, 0) is 37.3 Å². The zero-order chi connectivity index (χ0) is 22.0. The van der Waals surface area contributed by atoms with Crippen molar-refractivity contribution in [2.75, 3.05) is 12.3 Å². The van der Waals surface area contributed by atoms with Crippen LogP contribution < -0.4 is 5.73 Å². The summed E-state index contributed by atoms with van der Waals surface area (Å²) in [6.07, 6.45) is -4.85. The first kappa shape index (κ1) is 22.4. The quantitative estimate of drug-likeness (QED) is 0.430. The third kappa shape index (κ3) is 5.58. The lowest BCUT2D eigenvalue weighted by Crippen LogP contribution is -2.49. The van der Waals surface area contributed by atoms with Gasteiger partial charge in [0.05, 0.1) is 33.4 Å². The second kappa shape index (κ2) is 7.88. The minimum Gasteiger partial charge on any atom is -0.319 e. The van der Waals surface area contributed by atoms with Crippen molar-refractivity contribution in [3.05, 3.63) is 64.3 Å². The summed E-state index contributed by atoms with van der Waals surface area (Å²) in [5.41, 5.74) is 1.93. The number of nitrogens with two attached hydrogens (primary N) is 1. The van der Waals surface area contributed by atoms with Crippen molar-refractivity contribution < 1.29 is 30.7 Å². The first-order chi connectivity index (χ1) is 13.2. The predicted octanol–water partition coefficient (Wildman–Crippen LogP) is 3.32. The molecule has 0 fully saturated rings. The molecule has 0 spiro atoms. The topological polar surface area (TPSA) is 104 Å². The highest BCUT2D eigenvalue weighted by Gasteiger charge is 2.38. The average Bonchev–Trinajstić information content (AvgIpc) is 2.59. The van der Waals surface area contributed by atoms with E-state index in [0.717, 1.165) is 36.4 Å². The third-order valence-corrected chi connectivity index (χ3v) is 5.94. The molecular formula is C18H16F4N3O3S+. The SMILES string of the molecule is CC(N)(C[N+](=O)c1ccc(C#N)c(C(F)(F)F)c1)CS(=O)(=O)c1ccc(F)cc1. The Balaban J connectivity index is 2.25. The molecule has 0 amide bonds. The van der Waals surface area contributed by atoms with Crippen LogP contribution in [-0.4, -0.2) is 31.0 Å². The molecule has 11 heteroatoms. The molecule has 0 aliphatic carbocycles. The minimum atomic E-state index is -4.85. The summed E-state index contributed by atoms with van der Waals surface area (Å²) in [6, 6.07) is 7.78. The number of nitriles is 1. The van der Waals surface area contributed by atoms with Gasteiger partial charge in [-0.1, -0.05) is 0 Å². The lowest BCUT2D eigenvalue weighted by Gasteiger charge is -2.19. The van der Waals surface area contributed by atoms with Crippen LogP contribution in [0.2, 0.25) is 0 Å². The van der Waals surface area contributed by atoms with E-state index in [2.05, 4.69) is 0 Å². The van der Waals surface area contributed by atoms with Gasteiger partial charge < -0.3 is 5.73 Å². The number of hydrogen-bond acceptors (Lipinski definition) is 5. The molecule has 0 saturated carbocycles. The molecular weight excluding hydrogens is 414 g/mol. The Morgan fingerprint density at radius 3 is 2.24 bits per heavy atom. The van der Waals surface area contributed by atoms with Gasteiger partial charge in [-0.15, -0.1) is 0 Å². The molecule has 0 bridgehead atoms. The normalized spacial score (nSPS) is 14.1. The minimum absolute atomic E-state index is 0.135. The zero-order valence-electron chi connectivity index (χ0n) is 15.1. The first-order valence-electron chi connectivity index (χ1n) is 8.08. The lowest BCUT2D eigenvalue weighted by atomic mass is 10.0. The van der Waals surface area contributed by atoms with Crippen molar-refractivity contribution in [1.29, 1.82) is 5.26 Å². The number of alkyl halides is 3. The van der Waals surface area contributed by atoms with E-state index in [4.69, 9.17) is 11.0 Å². The number of hydrogen-bond donors (Lipinski definition) is 1. The van der Waals surface area contributed by atoms with Crippen molar-refractivity contribution in [3.63, 3.8) is 0 Å². The van der Waals surface area contributed by atoms with E-state index in [9.17, 15) is 30.9 Å². The van der Waals surface area contributed by atoms with Crippen LogP contribution in [0.5, 0.6) is 0 Å². The van der Waals surface area contributed by atoms with Gasteiger partial charge in [0.2, 0.25) is 6.54 Å². The van der Waals surface area contributed by atoms with Crippen molar-refractivity contribution in [2.24, 2.45) is 5.73 Å². The number of nitroso groups, excluding NO2 is 1. The van der Waals surface area contributed by atoms with Crippen LogP contribution in [-0.2, 0) is 16.0 Å². The van der Waals surface area contributed by atoms with Crippen LogP contribution in [0.3, 0.4) is 0 Å². The van der Waals surface area contributed by atoms with Crippen molar-refractivity contribution in [3.8, 4) is 6.07 Å². The van der Waals surface area contributed by atoms with Gasteiger partial charge in [0.25, 0.3) is 5.69 Å². The van der Waals surface area contributed by atoms with Crippen LogP contribution in [0.25, 0.3) is 0 Å². The summed E-state index contributed by atoms with van der Waals surface area (Å²) in [4.78, 5) is 12.1. The van der Waals surface area contributed by atoms with E-state index < -0.39 is 56.5 Å². The molecule has 6 nitrogen and oxygen atoms in total. The highest BCUT2D eigenvalue weighted by Crippen LogP contribution is 2.34. The highest BCUT2D eigenvalue weighted by molar-refractivity contribution is 7.91. The fourth-order valence-corrected chi connectivity index (χ4v) is 4.32. The fraction of sp³-hybridized carbons (Fsp3) is 0.278. The monoisotopic (exact) mass is 430 g/mol. The molecule has 2 rings (SSSR count). The predicted molar refractivity (Wildman–Crippen MR) is 95.4 cm³/mol. The molecule has 0 saturated heterocycles. The largest absolute Gasteiger partial charge is 0.417 e. The Labute approximate surface area is 164 Å². The molecule has 2 aromatic rings. The molecule has 1 unspecified atom stereocenters. The van der Waals surface area contributed by atoms with E-state index >= 15 is 0 Å². The van der Waals surface area contributed by atoms with Crippen LogP contribution in [0, 0.1) is 22.1 Å². The maximum Gasteiger partial charge on any atom is 0.417 e. The lowest BCUT2D eigenvalue weighted by molar-refractivity contribution is -0.471. The Morgan fingerprint density at radius 1 is 1.14 bits per heavy atom. The second-order valence-electron chi connectivity index (χ2n) is 6.74. The standard InChI is InChI=1S/C18H16F4N3O3S/c1-17(24,11-29(27,28)15-6-3-13(19)4-7-15)10-25(26)14-5-2-12(9-23)16(8-14)18(20,21)22/h2-8H,10-11,24H2,1H3/q+1. The first-order valence-corrected chi connectivity index (χ1v) is 9.74. The van der Waals surface area contributed by atoms with Crippen LogP contribution in [0.15, 0.2) is 47.4 Å². The fourth-order valence-electron chi connectivity index (χ4n) is 2.64. The molecule has 154 valence electrons. The number of sulfone groups is 1. The summed E-state index contributed by atoms with van der Waals surface area (Å²) in [7, 11) is -3.98. The van der Waals surface area contributed by atoms with Crippen LogP contribution >= 0.6 is 0 Å². The zero-order valence-corrected chi connectivity index (χ0v) is 15.9. The van der Waals surface area contributed by atoms with E-state index in [-0.39, 0.29) is 9.66 Å². The average molecular weight is 430 g/mol. The Morgan fingerprint density at radius 2 is 1.72 bits per heavy atom. The maximum atomic E-state index is 13.1. The van der Waals surface area contributed by atoms with E-state index in [0.29, 0.717) is 6.07 Å². The summed E-state index contributed by atoms with van der Waals surface area (Å²) in [6.45, 7) is 0.615. The van der Waals surface area contributed by atoms with E-state index in [1.165, 1.54) is 13.0 Å². The van der Waals surface area contributed by atoms with Gasteiger partial charge >= 0.3 is 6.18 Å². The van der Waals surface area contributed by atoms with E-state index in [1.54, 1.807) is 0 Å². The Kier molecular flexibility index (Phi) is 6.10. The molecule has 2 N–H and O–H groups in total. The number of halogens is 4. The maximum absolute atomic E-state index is 13.1. The summed E-state index contributed by atoms with van der Waals surface area (Å²) in [5, 5.41) is 8.80. The third-order valence-electron chi connectivity index (χ3n) is 3.91. The van der Waals surface area contributed by atoms with Crippen molar-refractivity contribution in [2.45, 2.75) is 23.5 Å². The molecule has 0 aliphatic heterocycles. The number of rotatable bonds is 6. The van der Waals surface area contributed by atoms with Crippen molar-refractivity contribution >= 4 is 15.5 Å². The molecule has 2 aromatic carbocycles. The smallest absolute Gasteiger partial charge is 0.319 e. The van der Waals surface area contributed by atoms with E-state index in [1.807, 2.05) is 0 Å². The molecule has 0 aliphatic rings. The van der Waals surface area contributed by atoms with Gasteiger partial charge in [-0.25, -0.2) is 12.8 Å². The highest BCUT2D eigenvalue weighted by atomic mass is 32.2. The summed E-state index contributed by atoms with van der Waals surface area (Å²) < 4.78 is 77.1. The Bertz CT molecular complexity index is 1070. The number of nitrogens with zero attached hydrogens (tertiary/aromatic N) is 2. The number of benzene rings is 2. The second-order valence-corrected chi connectivity index (χ2v) is 8.73. The molecule has 0 aromatic heterocycles. The van der Waals surface area contributed by atoms with Gasteiger partial charge in [0.15, 0.2) is 9.84 Å². The summed E-state index contributed by atoms with van der Waals surface area (Å²) in [5.74, 6) is -1.33. The van der Waals surface area contributed by atoms with Gasteiger partial charge in [-0.3, -0.25) is 0 Å². The van der Waals surface area contributed by atoms with Gasteiger partial charge in [-0.2, -0.15) is 18.4 Å². The molecule has 1 atom stereocenters. The Hall–Kier alpha value is -2.84. The molecule has 0 radical (unpaired) electrons. The summed E-state index contributed by atoms with van der Waals surface area (Å²) >= 11 is 0. The van der Waals surface area contributed by atoms with Gasteiger partial charge in [0.1, 0.15) is 5.82 Å². The molecule has 29 heavy (non-hydrogen) atoms.